The van der Waals surface area contributed by atoms with Gasteiger partial charge in [-0.1, -0.05) is 0 Å². The maximum atomic E-state index is 12.2. The highest BCUT2D eigenvalue weighted by Crippen LogP contribution is 2.25. The molecule has 30 heavy (non-hydrogen) atoms. The summed E-state index contributed by atoms with van der Waals surface area (Å²) in [7, 11) is -2.34. The van der Waals surface area contributed by atoms with Crippen LogP contribution < -0.4 is 4.90 Å². The molecule has 0 unspecified atom stereocenters. The highest BCUT2D eigenvalue weighted by Gasteiger charge is 2.17. The number of anilines is 1. The van der Waals surface area contributed by atoms with Crippen molar-refractivity contribution in [2.45, 2.75) is 30.3 Å². The number of esters is 1. The van der Waals surface area contributed by atoms with E-state index in [1.54, 1.807) is 12.1 Å². The van der Waals surface area contributed by atoms with Gasteiger partial charge in [0.25, 0.3) is 0 Å². The summed E-state index contributed by atoms with van der Waals surface area (Å²) >= 11 is 0. The Morgan fingerprint density at radius 2 is 1.57 bits per heavy atom. The molecule has 1 heterocycles. The minimum absolute atomic E-state index is 0.126. The Morgan fingerprint density at radius 3 is 2.10 bits per heavy atom. The number of hydrogen-bond donors (Lipinski definition) is 1. The molecule has 9 heteroatoms. The van der Waals surface area contributed by atoms with Gasteiger partial charge in [0.2, 0.25) is 0 Å². The average molecular weight is 432 g/mol. The zero-order valence-corrected chi connectivity index (χ0v) is 17.6. The molecule has 1 fully saturated rings. The number of carbonyl (C=O) groups is 1. The lowest BCUT2D eigenvalue weighted by molar-refractivity contribution is -0.140. The number of aliphatic hydroxyl groups excluding tert-OH is 1. The van der Waals surface area contributed by atoms with E-state index in [0.717, 1.165) is 31.6 Å². The first-order chi connectivity index (χ1) is 14.4. The van der Waals surface area contributed by atoms with Crippen LogP contribution in [0.2, 0.25) is 0 Å². The summed E-state index contributed by atoms with van der Waals surface area (Å²) < 4.78 is 29.0. The fourth-order valence-electron chi connectivity index (χ4n) is 3.13. The van der Waals surface area contributed by atoms with Crippen LogP contribution in [0.5, 0.6) is 0 Å². The lowest BCUT2D eigenvalue weighted by Crippen LogP contribution is -2.35. The molecule has 0 saturated carbocycles. The molecule has 2 aromatic rings. The minimum atomic E-state index is -3.56. The second-order valence-corrected chi connectivity index (χ2v) is 9.18. The van der Waals surface area contributed by atoms with Crippen LogP contribution >= 0.6 is 0 Å². The van der Waals surface area contributed by atoms with Crippen LogP contribution in [-0.2, 0) is 19.4 Å². The van der Waals surface area contributed by atoms with Gasteiger partial charge in [-0.2, -0.15) is 10.2 Å². The summed E-state index contributed by atoms with van der Waals surface area (Å²) in [6.07, 6.45) is 1.16. The molecule has 0 bridgehead atoms. The highest BCUT2D eigenvalue weighted by atomic mass is 32.2. The van der Waals surface area contributed by atoms with Gasteiger partial charge < -0.3 is 14.7 Å². The molecule has 1 saturated heterocycles. The monoisotopic (exact) mass is 431 g/mol. The van der Waals surface area contributed by atoms with Crippen molar-refractivity contribution in [3.8, 4) is 0 Å². The molecule has 0 aliphatic carbocycles. The van der Waals surface area contributed by atoms with E-state index < -0.39 is 15.8 Å². The Balaban J connectivity index is 1.60. The van der Waals surface area contributed by atoms with Crippen molar-refractivity contribution in [1.29, 1.82) is 0 Å². The van der Waals surface area contributed by atoms with Crippen molar-refractivity contribution < 1.29 is 23.1 Å². The van der Waals surface area contributed by atoms with Gasteiger partial charge in [-0.25, -0.2) is 8.42 Å². The lowest BCUT2D eigenvalue weighted by atomic mass is 10.1. The molecule has 160 valence electrons. The summed E-state index contributed by atoms with van der Waals surface area (Å²) in [6.45, 7) is 1.66. The fraction of sp³-hybridized carbons (Fsp3) is 0.381. The number of piperidine rings is 1. The molecule has 0 aromatic heterocycles. The molecule has 8 nitrogen and oxygen atoms in total. The minimum Gasteiger partial charge on any atom is -0.469 e. The smallest absolute Gasteiger partial charge is 0.306 e. The average Bonchev–Trinajstić information content (AvgIpc) is 2.77. The summed E-state index contributed by atoms with van der Waals surface area (Å²) in [5.41, 5.74) is 2.30. The molecule has 1 aliphatic rings. The number of azo groups is 1. The number of rotatable bonds is 7. The number of nitrogens with zero attached hydrogens (tertiary/aromatic N) is 3. The Kier molecular flexibility index (Phi) is 7.17. The summed E-state index contributed by atoms with van der Waals surface area (Å²) in [5, 5.41) is 18.0. The van der Waals surface area contributed by atoms with Gasteiger partial charge in [-0.15, -0.1) is 0 Å². The zero-order chi connectivity index (χ0) is 21.6. The first-order valence-corrected chi connectivity index (χ1v) is 11.4. The first kappa shape index (κ1) is 21.9. The maximum absolute atomic E-state index is 12.2. The molecular formula is C21H25N3O5S. The maximum Gasteiger partial charge on any atom is 0.306 e. The molecule has 1 N–H and O–H groups in total. The number of benzene rings is 2. The van der Waals surface area contributed by atoms with Crippen LogP contribution in [0.25, 0.3) is 0 Å². The van der Waals surface area contributed by atoms with Gasteiger partial charge in [0, 0.05) is 18.8 Å². The molecular weight excluding hydrogens is 406 g/mol. The molecule has 0 atom stereocenters. The van der Waals surface area contributed by atoms with E-state index in [1.807, 2.05) is 24.3 Å². The van der Waals surface area contributed by atoms with E-state index >= 15 is 0 Å². The third kappa shape index (κ3) is 5.87. The van der Waals surface area contributed by atoms with Gasteiger partial charge in [-0.05, 0) is 61.4 Å². The van der Waals surface area contributed by atoms with Gasteiger partial charge in [0.15, 0.2) is 9.84 Å². The topological polar surface area (TPSA) is 109 Å². The SMILES string of the molecule is COC(=O)CCS(=O)(=O)c1ccc(/N=N/c2ccc(N3CCC(O)CC3)cc2)cc1. The van der Waals surface area contributed by atoms with E-state index in [4.69, 9.17) is 0 Å². The molecule has 0 amide bonds. The van der Waals surface area contributed by atoms with E-state index in [-0.39, 0.29) is 23.2 Å². The third-order valence-electron chi connectivity index (χ3n) is 4.96. The summed E-state index contributed by atoms with van der Waals surface area (Å²) in [4.78, 5) is 13.5. The molecule has 0 spiro atoms. The van der Waals surface area contributed by atoms with E-state index in [1.165, 1.54) is 19.2 Å². The summed E-state index contributed by atoms with van der Waals surface area (Å²) in [6, 6.07) is 13.7. The summed E-state index contributed by atoms with van der Waals surface area (Å²) in [5.74, 6) is -0.865. The van der Waals surface area contributed by atoms with E-state index in [2.05, 4.69) is 19.9 Å². The van der Waals surface area contributed by atoms with E-state index in [9.17, 15) is 18.3 Å². The predicted octanol–water partition coefficient (Wildman–Crippen LogP) is 3.40. The Labute approximate surface area is 176 Å². The molecule has 1 aliphatic heterocycles. The number of methoxy groups -OCH3 is 1. The predicted molar refractivity (Wildman–Crippen MR) is 113 cm³/mol. The van der Waals surface area contributed by atoms with Gasteiger partial charge in [0.1, 0.15) is 0 Å². The van der Waals surface area contributed by atoms with Gasteiger partial charge >= 0.3 is 5.97 Å². The second-order valence-electron chi connectivity index (χ2n) is 7.07. The van der Waals surface area contributed by atoms with Crippen LogP contribution in [0.15, 0.2) is 63.7 Å². The Hall–Kier alpha value is -2.78. The molecule has 3 rings (SSSR count). The van der Waals surface area contributed by atoms with Crippen molar-refractivity contribution >= 4 is 32.9 Å². The normalized spacial score (nSPS) is 15.5. The Bertz CT molecular complexity index is 980. The largest absolute Gasteiger partial charge is 0.469 e. The zero-order valence-electron chi connectivity index (χ0n) is 16.8. The number of sulfone groups is 1. The Morgan fingerprint density at radius 1 is 1.03 bits per heavy atom. The number of hydrogen-bond acceptors (Lipinski definition) is 8. The van der Waals surface area contributed by atoms with Crippen molar-refractivity contribution in [2.75, 3.05) is 30.9 Å². The molecule has 0 radical (unpaired) electrons. The van der Waals surface area contributed by atoms with Crippen LogP contribution in [-0.4, -0.2) is 51.5 Å². The highest BCUT2D eigenvalue weighted by molar-refractivity contribution is 7.91. The number of carbonyl (C=O) groups excluding carboxylic acids is 1. The lowest BCUT2D eigenvalue weighted by Gasteiger charge is -2.31. The third-order valence-corrected chi connectivity index (χ3v) is 6.69. The van der Waals surface area contributed by atoms with Crippen LogP contribution in [0.4, 0.5) is 17.1 Å². The van der Waals surface area contributed by atoms with Crippen LogP contribution in [0, 0.1) is 0 Å². The molecule has 2 aromatic carbocycles. The quantitative estimate of drug-likeness (QED) is 0.532. The fourth-order valence-corrected chi connectivity index (χ4v) is 4.35. The van der Waals surface area contributed by atoms with Crippen molar-refractivity contribution in [1.82, 2.24) is 0 Å². The van der Waals surface area contributed by atoms with Crippen molar-refractivity contribution in [2.24, 2.45) is 10.2 Å². The van der Waals surface area contributed by atoms with Gasteiger partial charge in [0.05, 0.1) is 41.7 Å². The van der Waals surface area contributed by atoms with E-state index in [0.29, 0.717) is 11.4 Å². The van der Waals surface area contributed by atoms with Gasteiger partial charge in [-0.3, -0.25) is 4.79 Å². The van der Waals surface area contributed by atoms with Crippen molar-refractivity contribution in [3.05, 3.63) is 48.5 Å². The number of ether oxygens (including phenoxy) is 1. The van der Waals surface area contributed by atoms with Crippen molar-refractivity contribution in [3.63, 3.8) is 0 Å². The standard InChI is InChI=1S/C21H25N3O5S/c1-29-21(26)12-15-30(27,28)20-8-4-17(5-9-20)23-22-16-2-6-18(7-3-16)24-13-10-19(25)11-14-24/h2-9,19,25H,10-15H2,1H3/b23-22+. The second kappa shape index (κ2) is 9.82. The first-order valence-electron chi connectivity index (χ1n) is 9.72. The van der Waals surface area contributed by atoms with Crippen LogP contribution in [0.3, 0.4) is 0 Å². The van der Waals surface area contributed by atoms with Crippen LogP contribution in [0.1, 0.15) is 19.3 Å². The number of aliphatic hydroxyl groups is 1.